The maximum absolute atomic E-state index is 9.74. The van der Waals surface area contributed by atoms with Crippen molar-refractivity contribution in [3.63, 3.8) is 0 Å². The summed E-state index contributed by atoms with van der Waals surface area (Å²) in [6.45, 7) is 8.32. The first-order chi connectivity index (χ1) is 7.86. The van der Waals surface area contributed by atoms with Crippen LogP contribution in [0.25, 0.3) is 0 Å². The Morgan fingerprint density at radius 1 is 1.59 bits per heavy atom. The Morgan fingerprint density at radius 2 is 2.24 bits per heavy atom. The van der Waals surface area contributed by atoms with Crippen LogP contribution in [-0.2, 0) is 0 Å². The molecule has 2 atom stereocenters. The second-order valence-corrected chi connectivity index (χ2v) is 5.52. The third kappa shape index (κ3) is 3.57. The minimum absolute atomic E-state index is 0.0572. The number of nitriles is 1. The van der Waals surface area contributed by atoms with Gasteiger partial charge in [0.1, 0.15) is 0 Å². The second kappa shape index (κ2) is 5.33. The monoisotopic (exact) mass is 231 g/mol. The van der Waals surface area contributed by atoms with Gasteiger partial charge in [0.05, 0.1) is 12.2 Å². The van der Waals surface area contributed by atoms with E-state index in [-0.39, 0.29) is 11.5 Å². The van der Waals surface area contributed by atoms with Gasteiger partial charge in [-0.1, -0.05) is 37.6 Å². The Balaban J connectivity index is 2.93. The fourth-order valence-electron chi connectivity index (χ4n) is 2.56. The number of nitrogens with zero attached hydrogens (tertiary/aromatic N) is 1. The quantitative estimate of drug-likeness (QED) is 0.450. The van der Waals surface area contributed by atoms with Crippen molar-refractivity contribution >= 4 is 0 Å². The zero-order valence-electron chi connectivity index (χ0n) is 11.1. The van der Waals surface area contributed by atoms with Crippen molar-refractivity contribution < 1.29 is 5.11 Å². The molecule has 1 rings (SSSR count). The summed E-state index contributed by atoms with van der Waals surface area (Å²) in [5.74, 6) is 0.327. The maximum Gasteiger partial charge on any atom is 0.0914 e. The lowest BCUT2D eigenvalue weighted by Gasteiger charge is -2.38. The summed E-state index contributed by atoms with van der Waals surface area (Å²) in [5, 5.41) is 18.3. The van der Waals surface area contributed by atoms with Crippen molar-refractivity contribution in [2.45, 2.75) is 40.2 Å². The SMILES string of the molecule is CC(C=C[C@@H]1C(C)=C[C@@H](O)CC1(C)C)=CC#N. The van der Waals surface area contributed by atoms with Gasteiger partial charge in [0.25, 0.3) is 0 Å². The largest absolute Gasteiger partial charge is 0.389 e. The number of allylic oxidation sites excluding steroid dienone is 5. The first kappa shape index (κ1) is 13.7. The summed E-state index contributed by atoms with van der Waals surface area (Å²) < 4.78 is 0. The number of rotatable bonds is 2. The van der Waals surface area contributed by atoms with Gasteiger partial charge in [-0.25, -0.2) is 0 Å². The van der Waals surface area contributed by atoms with E-state index in [9.17, 15) is 5.11 Å². The van der Waals surface area contributed by atoms with Crippen LogP contribution in [0.4, 0.5) is 0 Å². The van der Waals surface area contributed by atoms with Crippen LogP contribution in [0.2, 0.25) is 0 Å². The Morgan fingerprint density at radius 3 is 2.76 bits per heavy atom. The molecule has 1 aliphatic rings. The molecular weight excluding hydrogens is 210 g/mol. The Hall–Kier alpha value is -1.33. The van der Waals surface area contributed by atoms with Crippen LogP contribution < -0.4 is 0 Å². The molecule has 0 heterocycles. The maximum atomic E-state index is 9.74. The number of aliphatic hydroxyl groups excluding tert-OH is 1. The molecule has 0 aromatic carbocycles. The van der Waals surface area contributed by atoms with E-state index in [4.69, 9.17) is 5.26 Å². The van der Waals surface area contributed by atoms with Crippen LogP contribution in [-0.4, -0.2) is 11.2 Å². The van der Waals surface area contributed by atoms with E-state index in [1.165, 1.54) is 5.57 Å². The van der Waals surface area contributed by atoms with E-state index in [2.05, 4.69) is 26.8 Å². The summed E-state index contributed by atoms with van der Waals surface area (Å²) in [7, 11) is 0. The zero-order valence-corrected chi connectivity index (χ0v) is 11.1. The molecule has 0 aromatic heterocycles. The normalized spacial score (nSPS) is 28.9. The molecule has 0 spiro atoms. The molecular formula is C15H21NO. The molecule has 17 heavy (non-hydrogen) atoms. The zero-order chi connectivity index (χ0) is 13.1. The molecule has 0 bridgehead atoms. The number of hydrogen-bond donors (Lipinski definition) is 1. The highest BCUT2D eigenvalue weighted by Gasteiger charge is 2.34. The molecule has 0 unspecified atom stereocenters. The van der Waals surface area contributed by atoms with Crippen molar-refractivity contribution in [3.8, 4) is 6.07 Å². The fourth-order valence-corrected chi connectivity index (χ4v) is 2.56. The number of aliphatic hydroxyl groups is 1. The van der Waals surface area contributed by atoms with Gasteiger partial charge in [0.15, 0.2) is 0 Å². The number of hydrogen-bond acceptors (Lipinski definition) is 2. The minimum atomic E-state index is -0.328. The second-order valence-electron chi connectivity index (χ2n) is 5.52. The molecule has 0 amide bonds. The fraction of sp³-hybridized carbons (Fsp3) is 0.533. The molecule has 92 valence electrons. The van der Waals surface area contributed by atoms with Crippen LogP contribution in [0.5, 0.6) is 0 Å². The van der Waals surface area contributed by atoms with Gasteiger partial charge in [-0.05, 0) is 31.3 Å². The lowest BCUT2D eigenvalue weighted by molar-refractivity contribution is 0.117. The van der Waals surface area contributed by atoms with Crippen LogP contribution >= 0.6 is 0 Å². The van der Waals surface area contributed by atoms with Gasteiger partial charge in [0.2, 0.25) is 0 Å². The Kier molecular flexibility index (Phi) is 4.31. The lowest BCUT2D eigenvalue weighted by atomic mass is 9.67. The summed E-state index contributed by atoms with van der Waals surface area (Å²) in [4.78, 5) is 0. The van der Waals surface area contributed by atoms with E-state index in [0.717, 1.165) is 12.0 Å². The molecule has 0 aromatic rings. The Labute approximate surface area is 104 Å². The lowest BCUT2D eigenvalue weighted by Crippen LogP contribution is -2.32. The van der Waals surface area contributed by atoms with Gasteiger partial charge < -0.3 is 5.11 Å². The van der Waals surface area contributed by atoms with Gasteiger partial charge >= 0.3 is 0 Å². The first-order valence-corrected chi connectivity index (χ1v) is 5.98. The summed E-state index contributed by atoms with van der Waals surface area (Å²) in [5.41, 5.74) is 2.22. The van der Waals surface area contributed by atoms with Gasteiger partial charge in [0, 0.05) is 12.0 Å². The van der Waals surface area contributed by atoms with Crippen LogP contribution in [0.1, 0.15) is 34.1 Å². The van der Waals surface area contributed by atoms with E-state index in [0.29, 0.717) is 5.92 Å². The van der Waals surface area contributed by atoms with Gasteiger partial charge in [-0.3, -0.25) is 0 Å². The molecule has 1 aliphatic carbocycles. The summed E-state index contributed by atoms with van der Waals surface area (Å²) in [6.07, 6.45) is 8.06. The molecule has 0 saturated heterocycles. The predicted octanol–water partition coefficient (Wildman–Crippen LogP) is 3.37. The van der Waals surface area contributed by atoms with Gasteiger partial charge in [-0.2, -0.15) is 5.26 Å². The van der Waals surface area contributed by atoms with E-state index >= 15 is 0 Å². The third-order valence-corrected chi connectivity index (χ3v) is 3.37. The Bertz CT molecular complexity index is 407. The molecule has 2 nitrogen and oxygen atoms in total. The predicted molar refractivity (Wildman–Crippen MR) is 70.2 cm³/mol. The first-order valence-electron chi connectivity index (χ1n) is 5.98. The van der Waals surface area contributed by atoms with Crippen molar-refractivity contribution in [2.75, 3.05) is 0 Å². The highest BCUT2D eigenvalue weighted by molar-refractivity contribution is 5.27. The van der Waals surface area contributed by atoms with Crippen molar-refractivity contribution in [2.24, 2.45) is 11.3 Å². The molecule has 0 fully saturated rings. The van der Waals surface area contributed by atoms with Crippen LogP contribution in [0, 0.1) is 22.7 Å². The average molecular weight is 231 g/mol. The summed E-state index contributed by atoms with van der Waals surface area (Å²) in [6, 6.07) is 2.03. The van der Waals surface area contributed by atoms with E-state index in [1.54, 1.807) is 6.08 Å². The van der Waals surface area contributed by atoms with E-state index < -0.39 is 0 Å². The van der Waals surface area contributed by atoms with Crippen molar-refractivity contribution in [1.29, 1.82) is 5.26 Å². The summed E-state index contributed by atoms with van der Waals surface area (Å²) >= 11 is 0. The standard InChI is InChI=1S/C15H21NO/c1-11(7-8-16)5-6-14-12(2)9-13(17)10-15(14,3)4/h5-7,9,13-14,17H,10H2,1-4H3/t13-,14-/m1/s1. The van der Waals surface area contributed by atoms with Crippen LogP contribution in [0.3, 0.4) is 0 Å². The highest BCUT2D eigenvalue weighted by atomic mass is 16.3. The van der Waals surface area contributed by atoms with Gasteiger partial charge in [-0.15, -0.1) is 0 Å². The minimum Gasteiger partial charge on any atom is -0.389 e. The van der Waals surface area contributed by atoms with Crippen LogP contribution in [0.15, 0.2) is 35.5 Å². The van der Waals surface area contributed by atoms with Crippen molar-refractivity contribution in [3.05, 3.63) is 35.5 Å². The van der Waals surface area contributed by atoms with E-state index in [1.807, 2.05) is 25.1 Å². The topological polar surface area (TPSA) is 44.0 Å². The molecule has 1 N–H and O–H groups in total. The molecule has 0 radical (unpaired) electrons. The molecule has 0 saturated carbocycles. The average Bonchev–Trinajstić information content (AvgIpc) is 2.14. The smallest absolute Gasteiger partial charge is 0.0914 e. The van der Waals surface area contributed by atoms with Crippen molar-refractivity contribution in [1.82, 2.24) is 0 Å². The molecule has 2 heteroatoms. The highest BCUT2D eigenvalue weighted by Crippen LogP contribution is 2.41. The molecule has 0 aliphatic heterocycles. The third-order valence-electron chi connectivity index (χ3n) is 3.37.